The van der Waals surface area contributed by atoms with E-state index in [1.165, 1.54) is 51.4 Å². The Balaban J connectivity index is 1.83. The van der Waals surface area contributed by atoms with Crippen LogP contribution in [0.5, 0.6) is 0 Å². The molecule has 5 atom stereocenters. The number of hydrogen-bond donors (Lipinski definition) is 0. The Morgan fingerprint density at radius 2 is 1.73 bits per heavy atom. The first kappa shape index (κ1) is 10.2. The van der Waals surface area contributed by atoms with Crippen molar-refractivity contribution in [2.24, 2.45) is 23.7 Å². The molecule has 0 bridgehead atoms. The van der Waals surface area contributed by atoms with Crippen LogP contribution in [0.1, 0.15) is 58.3 Å². The summed E-state index contributed by atoms with van der Waals surface area (Å²) < 4.78 is 0. The molecule has 0 aromatic rings. The largest absolute Gasteiger partial charge is 0.0746 e. The van der Waals surface area contributed by atoms with Crippen LogP contribution in [0.4, 0.5) is 0 Å². The molecule has 2 radical (unpaired) electrons. The molecule has 3 aliphatic rings. The fraction of sp³-hybridized carbons (Fsp3) is 1.00. The van der Waals surface area contributed by atoms with Crippen molar-refractivity contribution >= 4 is 7.85 Å². The Morgan fingerprint density at radius 1 is 1.00 bits per heavy atom. The van der Waals surface area contributed by atoms with Gasteiger partial charge in [0.25, 0.3) is 0 Å². The molecule has 0 aliphatic heterocycles. The van der Waals surface area contributed by atoms with Gasteiger partial charge in [0.05, 0.1) is 7.85 Å². The maximum atomic E-state index is 6.52. The van der Waals surface area contributed by atoms with Gasteiger partial charge in [0.1, 0.15) is 0 Å². The molecular weight excluding hydrogens is 179 g/mol. The van der Waals surface area contributed by atoms with E-state index in [9.17, 15) is 0 Å². The topological polar surface area (TPSA) is 0 Å². The van der Waals surface area contributed by atoms with Gasteiger partial charge in [-0.2, -0.15) is 0 Å². The minimum absolute atomic E-state index is 0.167. The SMILES string of the molecule is [B][C@]1(C)CCCC2C3CCCCC3CC21. The van der Waals surface area contributed by atoms with E-state index < -0.39 is 0 Å². The van der Waals surface area contributed by atoms with E-state index in [2.05, 4.69) is 6.92 Å². The molecule has 3 rings (SSSR count). The summed E-state index contributed by atoms with van der Waals surface area (Å²) in [4.78, 5) is 0. The van der Waals surface area contributed by atoms with E-state index >= 15 is 0 Å². The molecular formula is C14H23B. The third kappa shape index (κ3) is 1.57. The first-order valence-corrected chi connectivity index (χ1v) is 6.97. The number of hydrogen-bond acceptors (Lipinski definition) is 0. The summed E-state index contributed by atoms with van der Waals surface area (Å²) in [6.07, 6.45) is 11.6. The van der Waals surface area contributed by atoms with Gasteiger partial charge < -0.3 is 0 Å². The molecule has 3 saturated carbocycles. The maximum absolute atomic E-state index is 6.52. The molecule has 0 saturated heterocycles. The fourth-order valence-corrected chi connectivity index (χ4v) is 4.97. The van der Waals surface area contributed by atoms with Gasteiger partial charge in [-0.05, 0) is 42.9 Å². The van der Waals surface area contributed by atoms with Crippen LogP contribution in [0.2, 0.25) is 5.31 Å². The summed E-state index contributed by atoms with van der Waals surface area (Å²) in [5.74, 6) is 3.97. The van der Waals surface area contributed by atoms with E-state index in [4.69, 9.17) is 7.85 Å². The van der Waals surface area contributed by atoms with E-state index in [-0.39, 0.29) is 5.31 Å². The zero-order valence-corrected chi connectivity index (χ0v) is 10.0. The van der Waals surface area contributed by atoms with Gasteiger partial charge in [0.15, 0.2) is 0 Å². The maximum Gasteiger partial charge on any atom is 0.0746 e. The van der Waals surface area contributed by atoms with Gasteiger partial charge >= 0.3 is 0 Å². The second kappa shape index (κ2) is 3.53. The monoisotopic (exact) mass is 202 g/mol. The van der Waals surface area contributed by atoms with Crippen molar-refractivity contribution in [3.8, 4) is 0 Å². The van der Waals surface area contributed by atoms with Gasteiger partial charge in [-0.1, -0.05) is 44.3 Å². The second-order valence-corrected chi connectivity index (χ2v) is 6.61. The quantitative estimate of drug-likeness (QED) is 0.521. The van der Waals surface area contributed by atoms with E-state index in [1.807, 2.05) is 0 Å². The Kier molecular flexibility index (Phi) is 2.41. The van der Waals surface area contributed by atoms with Crippen molar-refractivity contribution in [3.05, 3.63) is 0 Å². The van der Waals surface area contributed by atoms with Gasteiger partial charge in [0, 0.05) is 0 Å². The molecule has 82 valence electrons. The first-order chi connectivity index (χ1) is 7.18. The lowest BCUT2D eigenvalue weighted by Crippen LogP contribution is -2.31. The van der Waals surface area contributed by atoms with Crippen molar-refractivity contribution < 1.29 is 0 Å². The van der Waals surface area contributed by atoms with Crippen molar-refractivity contribution in [3.63, 3.8) is 0 Å². The molecule has 0 N–H and O–H groups in total. The smallest absolute Gasteiger partial charge is 0.0674 e. The van der Waals surface area contributed by atoms with Crippen LogP contribution in [0, 0.1) is 23.7 Å². The van der Waals surface area contributed by atoms with Crippen molar-refractivity contribution in [2.75, 3.05) is 0 Å². The highest BCUT2D eigenvalue weighted by Crippen LogP contribution is 2.61. The molecule has 0 amide bonds. The molecule has 15 heavy (non-hydrogen) atoms. The molecule has 0 aromatic carbocycles. The normalized spacial score (nSPS) is 54.7. The third-order valence-corrected chi connectivity index (χ3v) is 5.69. The van der Waals surface area contributed by atoms with E-state index in [0.717, 1.165) is 23.7 Å². The number of rotatable bonds is 0. The summed E-state index contributed by atoms with van der Waals surface area (Å²) in [7, 11) is 6.52. The Morgan fingerprint density at radius 3 is 2.60 bits per heavy atom. The Hall–Kier alpha value is 0.0649. The molecule has 0 spiro atoms. The highest BCUT2D eigenvalue weighted by atomic mass is 14.5. The zero-order chi connectivity index (χ0) is 10.5. The predicted molar refractivity (Wildman–Crippen MR) is 65.0 cm³/mol. The summed E-state index contributed by atoms with van der Waals surface area (Å²) in [5, 5.41) is 0.167. The lowest BCUT2D eigenvalue weighted by Gasteiger charge is -2.43. The average molecular weight is 202 g/mol. The lowest BCUT2D eigenvalue weighted by atomic mass is 9.53. The molecule has 3 aliphatic carbocycles. The zero-order valence-electron chi connectivity index (χ0n) is 10.0. The summed E-state index contributed by atoms with van der Waals surface area (Å²) >= 11 is 0. The highest BCUT2D eigenvalue weighted by Gasteiger charge is 2.50. The number of fused-ring (bicyclic) bond motifs is 3. The van der Waals surface area contributed by atoms with Crippen LogP contribution in [-0.2, 0) is 0 Å². The molecule has 3 fully saturated rings. The molecule has 0 nitrogen and oxygen atoms in total. The minimum atomic E-state index is 0.167. The van der Waals surface area contributed by atoms with Gasteiger partial charge in [-0.15, -0.1) is 0 Å². The fourth-order valence-electron chi connectivity index (χ4n) is 4.97. The first-order valence-electron chi connectivity index (χ1n) is 6.97. The summed E-state index contributed by atoms with van der Waals surface area (Å²) in [6.45, 7) is 2.32. The second-order valence-electron chi connectivity index (χ2n) is 6.61. The highest BCUT2D eigenvalue weighted by molar-refractivity contribution is 6.15. The lowest BCUT2D eigenvalue weighted by molar-refractivity contribution is 0.157. The third-order valence-electron chi connectivity index (χ3n) is 5.69. The van der Waals surface area contributed by atoms with Crippen molar-refractivity contribution in [2.45, 2.75) is 63.6 Å². The van der Waals surface area contributed by atoms with E-state index in [0.29, 0.717) is 0 Å². The van der Waals surface area contributed by atoms with Crippen LogP contribution in [0.3, 0.4) is 0 Å². The Labute approximate surface area is 95.6 Å². The minimum Gasteiger partial charge on any atom is -0.0674 e. The summed E-state index contributed by atoms with van der Waals surface area (Å²) in [6, 6.07) is 0. The molecule has 1 heteroatoms. The molecule has 4 unspecified atom stereocenters. The summed E-state index contributed by atoms with van der Waals surface area (Å²) in [5.41, 5.74) is 0. The van der Waals surface area contributed by atoms with Crippen LogP contribution < -0.4 is 0 Å². The van der Waals surface area contributed by atoms with E-state index in [1.54, 1.807) is 0 Å². The molecule has 0 heterocycles. The van der Waals surface area contributed by atoms with Crippen molar-refractivity contribution in [1.82, 2.24) is 0 Å². The average Bonchev–Trinajstić information content (AvgIpc) is 2.58. The van der Waals surface area contributed by atoms with Crippen LogP contribution >= 0.6 is 0 Å². The standard InChI is InChI=1S/C14H23B/c1-14(15)8-4-7-12-11-6-3-2-5-10(11)9-13(12)14/h10-13H,2-9H2,1H3/t10?,11?,12?,13?,14-/m1/s1. The van der Waals surface area contributed by atoms with Crippen LogP contribution in [0.25, 0.3) is 0 Å². The van der Waals surface area contributed by atoms with Gasteiger partial charge in [-0.25, -0.2) is 0 Å². The van der Waals surface area contributed by atoms with Gasteiger partial charge in [-0.3, -0.25) is 0 Å². The predicted octanol–water partition coefficient (Wildman–Crippen LogP) is 3.96. The van der Waals surface area contributed by atoms with Crippen LogP contribution in [0.15, 0.2) is 0 Å². The van der Waals surface area contributed by atoms with Crippen molar-refractivity contribution in [1.29, 1.82) is 0 Å². The Bertz CT molecular complexity index is 246. The van der Waals surface area contributed by atoms with Gasteiger partial charge in [0.2, 0.25) is 0 Å². The van der Waals surface area contributed by atoms with Crippen LogP contribution in [-0.4, -0.2) is 7.85 Å². The molecule has 0 aromatic heterocycles.